The highest BCUT2D eigenvalue weighted by Crippen LogP contribution is 2.31. The van der Waals surface area contributed by atoms with Gasteiger partial charge in [-0.2, -0.15) is 0 Å². The van der Waals surface area contributed by atoms with Gasteiger partial charge in [-0.3, -0.25) is 4.79 Å². The number of aliphatic hydroxyl groups excluding tert-OH is 1. The van der Waals surface area contributed by atoms with Crippen molar-refractivity contribution in [2.24, 2.45) is 5.92 Å². The smallest absolute Gasteiger partial charge is 0.289 e. The topological polar surface area (TPSA) is 53.7 Å². The summed E-state index contributed by atoms with van der Waals surface area (Å²) in [6.07, 6.45) is 0.793. The highest BCUT2D eigenvalue weighted by molar-refractivity contribution is 5.93. The molecule has 1 N–H and O–H groups in total. The molecule has 1 aliphatic rings. The number of hydrogen-bond acceptors (Lipinski definition) is 3. The Balaban J connectivity index is 1.62. The number of carbonyl (C=O) groups excluding carboxylic acids is 1. The zero-order valence-corrected chi connectivity index (χ0v) is 14.0. The van der Waals surface area contributed by atoms with Gasteiger partial charge in [0.05, 0.1) is 6.10 Å². The molecule has 1 amide bonds. The molecule has 1 aromatic carbocycles. The van der Waals surface area contributed by atoms with Gasteiger partial charge in [-0.05, 0) is 56.4 Å². The van der Waals surface area contributed by atoms with Gasteiger partial charge in [-0.15, -0.1) is 0 Å². The van der Waals surface area contributed by atoms with Crippen molar-refractivity contribution in [1.82, 2.24) is 4.90 Å². The third-order valence-corrected chi connectivity index (χ3v) is 4.72. The molecule has 4 nitrogen and oxygen atoms in total. The number of amides is 1. The largest absolute Gasteiger partial charge is 0.456 e. The van der Waals surface area contributed by atoms with Gasteiger partial charge in [0.1, 0.15) is 11.6 Å². The number of piperidine rings is 1. The molecule has 0 bridgehead atoms. The molecule has 0 radical (unpaired) electrons. The van der Waals surface area contributed by atoms with Crippen LogP contribution in [0.15, 0.2) is 34.7 Å². The number of nitrogens with zero attached hydrogens (tertiary/aromatic N) is 1. The zero-order valence-electron chi connectivity index (χ0n) is 14.0. The number of aliphatic hydroxyl groups is 1. The lowest BCUT2D eigenvalue weighted by Crippen LogP contribution is -2.39. The fourth-order valence-electron chi connectivity index (χ4n) is 3.35. The van der Waals surface area contributed by atoms with E-state index >= 15 is 0 Å². The van der Waals surface area contributed by atoms with Crippen molar-refractivity contribution in [2.75, 3.05) is 13.1 Å². The van der Waals surface area contributed by atoms with Crippen molar-refractivity contribution in [3.63, 3.8) is 0 Å². The Hall–Kier alpha value is -2.14. The van der Waals surface area contributed by atoms with E-state index in [-0.39, 0.29) is 17.6 Å². The predicted octanol–water partition coefficient (Wildman–Crippen LogP) is 3.62. The van der Waals surface area contributed by atoms with Crippen molar-refractivity contribution < 1.29 is 18.7 Å². The van der Waals surface area contributed by atoms with E-state index in [9.17, 15) is 14.3 Å². The maximum Gasteiger partial charge on any atom is 0.289 e. The van der Waals surface area contributed by atoms with Gasteiger partial charge in [0.2, 0.25) is 0 Å². The molecule has 128 valence electrons. The Morgan fingerprint density at radius 1 is 1.25 bits per heavy atom. The SMILES string of the molecule is Cc1cc(C)c(C(=O)N2CCC(C(O)c3ccc(F)cc3)CC2)o1. The number of benzene rings is 1. The number of hydrogen-bond donors (Lipinski definition) is 1. The molecule has 3 rings (SSSR count). The van der Waals surface area contributed by atoms with Crippen LogP contribution in [-0.4, -0.2) is 29.0 Å². The first-order chi connectivity index (χ1) is 11.5. The minimum atomic E-state index is -0.629. The third-order valence-electron chi connectivity index (χ3n) is 4.72. The summed E-state index contributed by atoms with van der Waals surface area (Å²) >= 11 is 0. The molecule has 0 spiro atoms. The van der Waals surface area contributed by atoms with E-state index < -0.39 is 6.10 Å². The number of halogens is 1. The summed E-state index contributed by atoms with van der Waals surface area (Å²) in [6, 6.07) is 7.82. The quantitative estimate of drug-likeness (QED) is 0.934. The second kappa shape index (κ2) is 6.77. The highest BCUT2D eigenvalue weighted by Gasteiger charge is 2.30. The van der Waals surface area contributed by atoms with Crippen LogP contribution in [0.3, 0.4) is 0 Å². The summed E-state index contributed by atoms with van der Waals surface area (Å²) in [4.78, 5) is 14.3. The molecular formula is C19H22FNO3. The Morgan fingerprint density at radius 3 is 2.42 bits per heavy atom. The molecule has 0 saturated carbocycles. The number of likely N-dealkylation sites (tertiary alicyclic amines) is 1. The average Bonchev–Trinajstić information content (AvgIpc) is 2.93. The number of aryl methyl sites for hydroxylation is 2. The molecule has 2 heterocycles. The molecular weight excluding hydrogens is 309 g/mol. The summed E-state index contributed by atoms with van der Waals surface area (Å²) in [5.41, 5.74) is 1.57. The van der Waals surface area contributed by atoms with Gasteiger partial charge in [-0.1, -0.05) is 12.1 Å². The molecule has 1 fully saturated rings. The van der Waals surface area contributed by atoms with Crippen molar-refractivity contribution in [2.45, 2.75) is 32.8 Å². The lowest BCUT2D eigenvalue weighted by atomic mass is 9.87. The van der Waals surface area contributed by atoms with Crippen LogP contribution in [0.4, 0.5) is 4.39 Å². The lowest BCUT2D eigenvalue weighted by molar-refractivity contribution is 0.0441. The van der Waals surface area contributed by atoms with Crippen molar-refractivity contribution in [1.29, 1.82) is 0 Å². The molecule has 2 aromatic rings. The molecule has 1 saturated heterocycles. The van der Waals surface area contributed by atoms with Crippen LogP contribution in [-0.2, 0) is 0 Å². The van der Waals surface area contributed by atoms with Crippen LogP contribution < -0.4 is 0 Å². The fourth-order valence-corrected chi connectivity index (χ4v) is 3.35. The summed E-state index contributed by atoms with van der Waals surface area (Å²) in [7, 11) is 0. The second-order valence-electron chi connectivity index (χ2n) is 6.50. The van der Waals surface area contributed by atoms with E-state index in [0.717, 1.165) is 16.9 Å². The Labute approximate surface area is 140 Å². The van der Waals surface area contributed by atoms with Crippen molar-refractivity contribution in [3.8, 4) is 0 Å². The second-order valence-corrected chi connectivity index (χ2v) is 6.50. The molecule has 24 heavy (non-hydrogen) atoms. The zero-order chi connectivity index (χ0) is 17.3. The Morgan fingerprint density at radius 2 is 1.88 bits per heavy atom. The van der Waals surface area contributed by atoms with Crippen LogP contribution in [0.1, 0.15) is 46.4 Å². The van der Waals surface area contributed by atoms with Crippen LogP contribution in [0.25, 0.3) is 0 Å². The highest BCUT2D eigenvalue weighted by atomic mass is 19.1. The Bertz CT molecular complexity index is 715. The van der Waals surface area contributed by atoms with Crippen LogP contribution in [0.2, 0.25) is 0 Å². The first-order valence-electron chi connectivity index (χ1n) is 8.25. The number of rotatable bonds is 3. The fraction of sp³-hybridized carbons (Fsp3) is 0.421. The predicted molar refractivity (Wildman–Crippen MR) is 88.2 cm³/mol. The average molecular weight is 331 g/mol. The molecule has 1 aromatic heterocycles. The van der Waals surface area contributed by atoms with E-state index in [2.05, 4.69) is 0 Å². The molecule has 5 heteroatoms. The maximum absolute atomic E-state index is 13.0. The minimum Gasteiger partial charge on any atom is -0.456 e. The van der Waals surface area contributed by atoms with E-state index in [4.69, 9.17) is 4.42 Å². The standard InChI is InChI=1S/C19H22FNO3/c1-12-11-13(2)24-18(12)19(23)21-9-7-15(8-10-21)17(22)14-3-5-16(20)6-4-14/h3-6,11,15,17,22H,7-10H2,1-2H3. The van der Waals surface area contributed by atoms with Gasteiger partial charge in [0, 0.05) is 18.7 Å². The van der Waals surface area contributed by atoms with E-state index in [1.54, 1.807) is 17.0 Å². The van der Waals surface area contributed by atoms with Gasteiger partial charge in [0.15, 0.2) is 5.76 Å². The van der Waals surface area contributed by atoms with Crippen LogP contribution >= 0.6 is 0 Å². The van der Waals surface area contributed by atoms with Crippen LogP contribution in [0, 0.1) is 25.6 Å². The summed E-state index contributed by atoms with van der Waals surface area (Å²) in [5.74, 6) is 0.812. The normalized spacial score (nSPS) is 17.1. The minimum absolute atomic E-state index is 0.0685. The lowest BCUT2D eigenvalue weighted by Gasteiger charge is -2.34. The maximum atomic E-state index is 13.0. The first-order valence-corrected chi connectivity index (χ1v) is 8.25. The van der Waals surface area contributed by atoms with Gasteiger partial charge < -0.3 is 14.4 Å². The third kappa shape index (κ3) is 3.36. The number of furan rings is 1. The summed E-state index contributed by atoms with van der Waals surface area (Å²) < 4.78 is 18.5. The molecule has 1 atom stereocenters. The number of carbonyl (C=O) groups is 1. The van der Waals surface area contributed by atoms with Crippen LogP contribution in [0.5, 0.6) is 0 Å². The summed E-state index contributed by atoms with van der Waals surface area (Å²) in [5, 5.41) is 10.5. The van der Waals surface area contributed by atoms with Gasteiger partial charge >= 0.3 is 0 Å². The van der Waals surface area contributed by atoms with E-state index in [0.29, 0.717) is 31.7 Å². The van der Waals surface area contributed by atoms with Crippen molar-refractivity contribution >= 4 is 5.91 Å². The Kier molecular flexibility index (Phi) is 4.71. The van der Waals surface area contributed by atoms with E-state index in [1.165, 1.54) is 12.1 Å². The van der Waals surface area contributed by atoms with Crippen molar-refractivity contribution in [3.05, 3.63) is 58.8 Å². The summed E-state index contributed by atoms with van der Waals surface area (Å²) in [6.45, 7) is 4.87. The molecule has 1 unspecified atom stereocenters. The molecule has 0 aliphatic carbocycles. The van der Waals surface area contributed by atoms with E-state index in [1.807, 2.05) is 19.9 Å². The first kappa shape index (κ1) is 16.7. The van der Waals surface area contributed by atoms with Gasteiger partial charge in [-0.25, -0.2) is 4.39 Å². The van der Waals surface area contributed by atoms with Gasteiger partial charge in [0.25, 0.3) is 5.91 Å². The monoisotopic (exact) mass is 331 g/mol. The molecule has 1 aliphatic heterocycles.